The molecule has 240 valence electrons. The first-order chi connectivity index (χ1) is 25.2. The lowest BCUT2D eigenvalue weighted by Crippen LogP contribution is -2.03. The first-order valence-corrected chi connectivity index (χ1v) is 17.4. The van der Waals surface area contributed by atoms with Gasteiger partial charge in [-0.3, -0.25) is 0 Å². The average molecular weight is 654 g/mol. The van der Waals surface area contributed by atoms with E-state index < -0.39 is 0 Å². The number of allylic oxidation sites excluding steroid dienone is 4. The Hall–Kier alpha value is -6.65. The van der Waals surface area contributed by atoms with Crippen LogP contribution < -0.4 is 0 Å². The van der Waals surface area contributed by atoms with Crippen LogP contribution in [0.1, 0.15) is 18.7 Å². The standard InChI is InChI=1S/C47H31N3O/c1-4-11-30(12-5-1)35-21-19-31-20-22-37-27-34(23-25-38(37)40(31)28-35)36-24-26-42-41(29-36)44-39(17-10-18-43(44)51-42)47-49-45(32-13-6-2-7-14-32)48-46(50-47)33-15-8-3-9-16-33/h1-8,10-15,17-29H,9,16H2. The fraction of sp³-hybridized carbons (Fsp3) is 0.0426. The highest BCUT2D eigenvalue weighted by atomic mass is 16.3. The molecule has 4 nitrogen and oxygen atoms in total. The van der Waals surface area contributed by atoms with Crippen molar-refractivity contribution in [2.24, 2.45) is 0 Å². The second kappa shape index (κ2) is 12.0. The minimum Gasteiger partial charge on any atom is -0.456 e. The smallest absolute Gasteiger partial charge is 0.164 e. The Balaban J connectivity index is 1.11. The van der Waals surface area contributed by atoms with Crippen LogP contribution in [-0.4, -0.2) is 15.0 Å². The summed E-state index contributed by atoms with van der Waals surface area (Å²) in [6.07, 6.45) is 8.25. The van der Waals surface area contributed by atoms with Gasteiger partial charge in [0.2, 0.25) is 0 Å². The maximum atomic E-state index is 6.44. The number of nitrogens with zero attached hydrogens (tertiary/aromatic N) is 3. The largest absolute Gasteiger partial charge is 0.456 e. The number of aromatic nitrogens is 3. The van der Waals surface area contributed by atoms with E-state index in [0.717, 1.165) is 62.6 Å². The minimum absolute atomic E-state index is 0.639. The summed E-state index contributed by atoms with van der Waals surface area (Å²) in [5, 5.41) is 6.99. The molecule has 0 amide bonds. The molecule has 0 radical (unpaired) electrons. The van der Waals surface area contributed by atoms with Crippen molar-refractivity contribution in [2.75, 3.05) is 0 Å². The Morgan fingerprint density at radius 2 is 1.14 bits per heavy atom. The molecule has 9 aromatic rings. The second-order valence-corrected chi connectivity index (χ2v) is 13.1. The molecule has 1 aliphatic rings. The zero-order chi connectivity index (χ0) is 33.7. The van der Waals surface area contributed by atoms with E-state index >= 15 is 0 Å². The van der Waals surface area contributed by atoms with Crippen LogP contribution in [0.2, 0.25) is 0 Å². The van der Waals surface area contributed by atoms with Crippen molar-refractivity contribution in [3.05, 3.63) is 170 Å². The van der Waals surface area contributed by atoms with Crippen LogP contribution >= 0.6 is 0 Å². The molecule has 0 unspecified atom stereocenters. The summed E-state index contributed by atoms with van der Waals surface area (Å²) in [6, 6.07) is 51.3. The van der Waals surface area contributed by atoms with Gasteiger partial charge in [-0.25, -0.2) is 15.0 Å². The molecule has 0 saturated carbocycles. The first-order valence-electron chi connectivity index (χ1n) is 17.4. The molecule has 7 aromatic carbocycles. The van der Waals surface area contributed by atoms with Crippen molar-refractivity contribution >= 4 is 49.1 Å². The first kappa shape index (κ1) is 29.3. The average Bonchev–Trinajstić information content (AvgIpc) is 3.59. The van der Waals surface area contributed by atoms with Crippen molar-refractivity contribution in [1.29, 1.82) is 0 Å². The van der Waals surface area contributed by atoms with Crippen LogP contribution in [0.3, 0.4) is 0 Å². The normalized spacial score (nSPS) is 13.0. The van der Waals surface area contributed by atoms with Crippen molar-refractivity contribution < 1.29 is 4.42 Å². The van der Waals surface area contributed by atoms with Gasteiger partial charge in [0.25, 0.3) is 0 Å². The third kappa shape index (κ3) is 5.20. The van der Waals surface area contributed by atoms with E-state index in [9.17, 15) is 0 Å². The van der Waals surface area contributed by atoms with E-state index in [4.69, 9.17) is 19.4 Å². The second-order valence-electron chi connectivity index (χ2n) is 13.1. The Kier molecular flexibility index (Phi) is 6.91. The summed E-state index contributed by atoms with van der Waals surface area (Å²) in [6.45, 7) is 0. The quantitative estimate of drug-likeness (QED) is 0.173. The summed E-state index contributed by atoms with van der Waals surface area (Å²) in [4.78, 5) is 15.1. The summed E-state index contributed by atoms with van der Waals surface area (Å²) >= 11 is 0. The third-order valence-corrected chi connectivity index (χ3v) is 9.98. The molecule has 0 fully saturated rings. The Morgan fingerprint density at radius 1 is 0.451 bits per heavy atom. The SMILES string of the molecule is C1=CCCC(c2nc(-c3ccccc3)nc(-c3cccc4oc5ccc(-c6ccc7c(ccc8ccc(-c9ccccc9)cc87)c6)cc5c34)n2)=C1. The van der Waals surface area contributed by atoms with Crippen molar-refractivity contribution in [2.45, 2.75) is 12.8 Å². The predicted molar refractivity (Wildman–Crippen MR) is 210 cm³/mol. The van der Waals surface area contributed by atoms with Gasteiger partial charge in [0.05, 0.1) is 0 Å². The Labute approximate surface area is 295 Å². The fourth-order valence-electron chi connectivity index (χ4n) is 7.39. The van der Waals surface area contributed by atoms with Gasteiger partial charge < -0.3 is 4.42 Å². The van der Waals surface area contributed by atoms with E-state index in [-0.39, 0.29) is 0 Å². The van der Waals surface area contributed by atoms with E-state index in [2.05, 4.69) is 121 Å². The molecule has 2 aromatic heterocycles. The van der Waals surface area contributed by atoms with Gasteiger partial charge in [0.1, 0.15) is 11.2 Å². The maximum Gasteiger partial charge on any atom is 0.164 e. The van der Waals surface area contributed by atoms with Gasteiger partial charge in [-0.1, -0.05) is 133 Å². The molecule has 0 aliphatic heterocycles. The summed E-state index contributed by atoms with van der Waals surface area (Å²) in [7, 11) is 0. The van der Waals surface area contributed by atoms with E-state index in [0.29, 0.717) is 17.5 Å². The maximum absolute atomic E-state index is 6.44. The number of rotatable bonds is 5. The molecule has 0 spiro atoms. The molecule has 0 bridgehead atoms. The summed E-state index contributed by atoms with van der Waals surface area (Å²) in [5.41, 5.74) is 9.37. The topological polar surface area (TPSA) is 51.8 Å². The molecule has 51 heavy (non-hydrogen) atoms. The number of fused-ring (bicyclic) bond motifs is 6. The van der Waals surface area contributed by atoms with Crippen molar-refractivity contribution in [3.63, 3.8) is 0 Å². The lowest BCUT2D eigenvalue weighted by molar-refractivity contribution is 0.669. The number of hydrogen-bond acceptors (Lipinski definition) is 4. The van der Waals surface area contributed by atoms with Crippen LogP contribution in [0.5, 0.6) is 0 Å². The zero-order valence-electron chi connectivity index (χ0n) is 27.8. The van der Waals surface area contributed by atoms with Gasteiger partial charge in [0.15, 0.2) is 17.5 Å². The highest BCUT2D eigenvalue weighted by molar-refractivity contribution is 6.13. The summed E-state index contributed by atoms with van der Waals surface area (Å²) in [5.74, 6) is 2.02. The highest BCUT2D eigenvalue weighted by Gasteiger charge is 2.19. The van der Waals surface area contributed by atoms with Gasteiger partial charge in [-0.2, -0.15) is 0 Å². The van der Waals surface area contributed by atoms with Crippen molar-refractivity contribution in [1.82, 2.24) is 15.0 Å². The molecular formula is C47H31N3O. The lowest BCUT2D eigenvalue weighted by Gasteiger charge is -2.12. The van der Waals surface area contributed by atoms with Gasteiger partial charge >= 0.3 is 0 Å². The van der Waals surface area contributed by atoms with Crippen molar-refractivity contribution in [3.8, 4) is 45.0 Å². The lowest BCUT2D eigenvalue weighted by atomic mass is 9.94. The molecule has 10 rings (SSSR count). The van der Waals surface area contributed by atoms with Crippen LogP contribution in [-0.2, 0) is 0 Å². The highest BCUT2D eigenvalue weighted by Crippen LogP contribution is 2.39. The monoisotopic (exact) mass is 653 g/mol. The minimum atomic E-state index is 0.639. The number of hydrogen-bond donors (Lipinski definition) is 0. The molecular weight excluding hydrogens is 623 g/mol. The third-order valence-electron chi connectivity index (χ3n) is 9.98. The molecule has 1 aliphatic carbocycles. The fourth-order valence-corrected chi connectivity index (χ4v) is 7.39. The van der Waals surface area contributed by atoms with Gasteiger partial charge in [-0.05, 0) is 92.5 Å². The Bertz CT molecular complexity index is 2850. The summed E-state index contributed by atoms with van der Waals surface area (Å²) < 4.78 is 6.44. The molecule has 0 N–H and O–H groups in total. The Morgan fingerprint density at radius 3 is 1.98 bits per heavy atom. The van der Waals surface area contributed by atoms with Crippen LogP contribution in [0, 0.1) is 0 Å². The predicted octanol–water partition coefficient (Wildman–Crippen LogP) is 12.5. The van der Waals surface area contributed by atoms with E-state index in [1.165, 1.54) is 32.7 Å². The number of furan rings is 1. The molecule has 2 heterocycles. The van der Waals surface area contributed by atoms with Gasteiger partial charge in [-0.15, -0.1) is 0 Å². The van der Waals surface area contributed by atoms with Crippen LogP contribution in [0.4, 0.5) is 0 Å². The molecule has 0 atom stereocenters. The van der Waals surface area contributed by atoms with Gasteiger partial charge in [0, 0.05) is 21.9 Å². The van der Waals surface area contributed by atoms with E-state index in [1.54, 1.807) is 0 Å². The molecule has 0 saturated heterocycles. The number of benzene rings is 7. The zero-order valence-corrected chi connectivity index (χ0v) is 27.8. The molecule has 4 heteroatoms. The van der Waals surface area contributed by atoms with Crippen LogP contribution in [0.15, 0.2) is 168 Å². The van der Waals surface area contributed by atoms with Crippen LogP contribution in [0.25, 0.3) is 94.1 Å². The van der Waals surface area contributed by atoms with E-state index in [1.807, 2.05) is 42.5 Å².